The molecule has 2 fully saturated rings. The quantitative estimate of drug-likeness (QED) is 0.748. The van der Waals surface area contributed by atoms with Crippen molar-refractivity contribution in [2.45, 2.75) is 44.8 Å². The van der Waals surface area contributed by atoms with Gasteiger partial charge in [0, 0.05) is 13.1 Å². The van der Waals surface area contributed by atoms with Gasteiger partial charge in [0.25, 0.3) is 0 Å². The van der Waals surface area contributed by atoms with E-state index >= 15 is 0 Å². The lowest BCUT2D eigenvalue weighted by Gasteiger charge is -2.43. The Morgan fingerprint density at radius 3 is 2.21 bits per heavy atom. The largest absolute Gasteiger partial charge is 0.465 e. The summed E-state index contributed by atoms with van der Waals surface area (Å²) in [4.78, 5) is 26.6. The van der Waals surface area contributed by atoms with Crippen molar-refractivity contribution < 1.29 is 14.7 Å². The number of amides is 2. The molecule has 3 unspecified atom stereocenters. The standard InChI is InChI=1S/C12H21N3O3.ClH/c1-8-6-14(7-9(2)15(8)12(17)18)11(16)10-4-3-5-13-10;/h8-10,13H,3-7H2,1-2H3,(H,17,18);1H. The Hall–Kier alpha value is -1.01. The van der Waals surface area contributed by atoms with Crippen molar-refractivity contribution in [2.75, 3.05) is 19.6 Å². The molecule has 7 heteroatoms. The van der Waals surface area contributed by atoms with Gasteiger partial charge in [0.1, 0.15) is 0 Å². The molecule has 3 atom stereocenters. The Bertz CT molecular complexity index is 335. The Morgan fingerprint density at radius 2 is 1.79 bits per heavy atom. The van der Waals surface area contributed by atoms with E-state index in [-0.39, 0.29) is 36.4 Å². The zero-order valence-electron chi connectivity index (χ0n) is 11.3. The Morgan fingerprint density at radius 1 is 1.21 bits per heavy atom. The lowest BCUT2D eigenvalue weighted by atomic mass is 10.1. The minimum absolute atomic E-state index is 0. The van der Waals surface area contributed by atoms with Gasteiger partial charge in [0.2, 0.25) is 5.91 Å². The number of hydrogen-bond donors (Lipinski definition) is 2. The zero-order valence-corrected chi connectivity index (χ0v) is 12.2. The smallest absolute Gasteiger partial charge is 0.407 e. The Balaban J connectivity index is 0.00000180. The number of nitrogens with one attached hydrogen (secondary N) is 1. The molecule has 0 aromatic carbocycles. The summed E-state index contributed by atoms with van der Waals surface area (Å²) in [5.41, 5.74) is 0. The van der Waals surface area contributed by atoms with Gasteiger partial charge in [-0.25, -0.2) is 4.79 Å². The lowest BCUT2D eigenvalue weighted by molar-refractivity contribution is -0.136. The number of piperazine rings is 1. The van der Waals surface area contributed by atoms with Crippen LogP contribution in [0.2, 0.25) is 0 Å². The van der Waals surface area contributed by atoms with Gasteiger partial charge < -0.3 is 15.3 Å². The summed E-state index contributed by atoms with van der Waals surface area (Å²) in [6, 6.07) is -0.353. The molecule has 0 saturated carbocycles. The summed E-state index contributed by atoms with van der Waals surface area (Å²) < 4.78 is 0. The molecular weight excluding hydrogens is 270 g/mol. The molecule has 110 valence electrons. The van der Waals surface area contributed by atoms with E-state index in [9.17, 15) is 9.59 Å². The van der Waals surface area contributed by atoms with Crippen LogP contribution in [0.3, 0.4) is 0 Å². The van der Waals surface area contributed by atoms with Crippen molar-refractivity contribution in [2.24, 2.45) is 0 Å². The van der Waals surface area contributed by atoms with E-state index in [0.29, 0.717) is 13.1 Å². The van der Waals surface area contributed by atoms with E-state index in [1.165, 1.54) is 4.90 Å². The van der Waals surface area contributed by atoms with Crippen LogP contribution in [0.1, 0.15) is 26.7 Å². The molecule has 0 spiro atoms. The third kappa shape index (κ3) is 3.30. The highest BCUT2D eigenvalue weighted by atomic mass is 35.5. The molecule has 0 bridgehead atoms. The first-order chi connectivity index (χ1) is 8.50. The number of rotatable bonds is 1. The average molecular weight is 292 g/mol. The fourth-order valence-corrected chi connectivity index (χ4v) is 3.00. The van der Waals surface area contributed by atoms with Gasteiger partial charge in [0.15, 0.2) is 0 Å². The maximum atomic E-state index is 12.3. The van der Waals surface area contributed by atoms with Crippen molar-refractivity contribution in [3.8, 4) is 0 Å². The van der Waals surface area contributed by atoms with E-state index in [4.69, 9.17) is 5.11 Å². The second kappa shape index (κ2) is 6.43. The second-order valence-corrected chi connectivity index (χ2v) is 5.28. The third-order valence-electron chi connectivity index (χ3n) is 3.81. The summed E-state index contributed by atoms with van der Waals surface area (Å²) in [5, 5.41) is 12.3. The van der Waals surface area contributed by atoms with Crippen LogP contribution < -0.4 is 5.32 Å². The summed E-state index contributed by atoms with van der Waals surface area (Å²) in [6.07, 6.45) is 1.03. The predicted molar refractivity (Wildman–Crippen MR) is 73.6 cm³/mol. The van der Waals surface area contributed by atoms with Crippen LogP contribution in [0.25, 0.3) is 0 Å². The topological polar surface area (TPSA) is 72.9 Å². The molecule has 2 N–H and O–H groups in total. The molecule has 2 rings (SSSR count). The molecule has 0 radical (unpaired) electrons. The van der Waals surface area contributed by atoms with Gasteiger partial charge in [-0.3, -0.25) is 9.69 Å². The molecule has 0 aromatic rings. The second-order valence-electron chi connectivity index (χ2n) is 5.28. The third-order valence-corrected chi connectivity index (χ3v) is 3.81. The minimum atomic E-state index is -0.902. The normalized spacial score (nSPS) is 30.9. The van der Waals surface area contributed by atoms with E-state index in [2.05, 4.69) is 5.32 Å². The van der Waals surface area contributed by atoms with Gasteiger partial charge in [-0.2, -0.15) is 0 Å². The molecule has 2 heterocycles. The zero-order chi connectivity index (χ0) is 13.3. The number of hydrogen-bond acceptors (Lipinski definition) is 3. The van der Waals surface area contributed by atoms with Crippen molar-refractivity contribution in [3.63, 3.8) is 0 Å². The summed E-state index contributed by atoms with van der Waals surface area (Å²) in [7, 11) is 0. The molecule has 0 aliphatic carbocycles. The number of carbonyl (C=O) groups excluding carboxylic acids is 1. The highest BCUT2D eigenvalue weighted by molar-refractivity contribution is 5.85. The Labute approximate surface area is 119 Å². The van der Waals surface area contributed by atoms with Crippen molar-refractivity contribution >= 4 is 24.4 Å². The predicted octanol–water partition coefficient (Wildman–Crippen LogP) is 0.759. The van der Waals surface area contributed by atoms with E-state index in [0.717, 1.165) is 19.4 Å². The van der Waals surface area contributed by atoms with Gasteiger partial charge in [-0.15, -0.1) is 12.4 Å². The summed E-state index contributed by atoms with van der Waals surface area (Å²) >= 11 is 0. The molecule has 2 aliphatic heterocycles. The van der Waals surface area contributed by atoms with Crippen LogP contribution >= 0.6 is 12.4 Å². The van der Waals surface area contributed by atoms with Crippen LogP contribution in [0.5, 0.6) is 0 Å². The fraction of sp³-hybridized carbons (Fsp3) is 0.833. The van der Waals surface area contributed by atoms with Gasteiger partial charge >= 0.3 is 6.09 Å². The molecule has 2 amide bonds. The molecule has 0 aromatic heterocycles. The summed E-state index contributed by atoms with van der Waals surface area (Å²) in [6.45, 7) is 5.59. The van der Waals surface area contributed by atoms with E-state index < -0.39 is 6.09 Å². The first-order valence-electron chi connectivity index (χ1n) is 6.54. The minimum Gasteiger partial charge on any atom is -0.465 e. The maximum absolute atomic E-state index is 12.3. The SMILES string of the molecule is CC1CN(C(=O)C2CCCN2)CC(C)N1C(=O)O.Cl. The van der Waals surface area contributed by atoms with Crippen LogP contribution in [-0.2, 0) is 4.79 Å². The van der Waals surface area contributed by atoms with Gasteiger partial charge in [-0.1, -0.05) is 0 Å². The van der Waals surface area contributed by atoms with Crippen molar-refractivity contribution in [1.82, 2.24) is 15.1 Å². The molecule has 6 nitrogen and oxygen atoms in total. The molecule has 2 aliphatic rings. The first-order valence-corrected chi connectivity index (χ1v) is 6.54. The van der Waals surface area contributed by atoms with E-state index in [1.807, 2.05) is 13.8 Å². The van der Waals surface area contributed by atoms with Crippen molar-refractivity contribution in [1.29, 1.82) is 0 Å². The average Bonchev–Trinajstić information content (AvgIpc) is 2.79. The molecule has 2 saturated heterocycles. The fourth-order valence-electron chi connectivity index (χ4n) is 3.00. The maximum Gasteiger partial charge on any atom is 0.407 e. The monoisotopic (exact) mass is 291 g/mol. The van der Waals surface area contributed by atoms with Crippen LogP contribution in [0, 0.1) is 0 Å². The number of carboxylic acid groups (broad SMARTS) is 1. The highest BCUT2D eigenvalue weighted by Gasteiger charge is 2.37. The number of nitrogens with zero attached hydrogens (tertiary/aromatic N) is 2. The van der Waals surface area contributed by atoms with Crippen LogP contribution in [0.4, 0.5) is 4.79 Å². The highest BCUT2D eigenvalue weighted by Crippen LogP contribution is 2.18. The van der Waals surface area contributed by atoms with Crippen LogP contribution in [0.15, 0.2) is 0 Å². The lowest BCUT2D eigenvalue weighted by Crippen LogP contribution is -2.61. The summed E-state index contributed by atoms with van der Waals surface area (Å²) in [5.74, 6) is 0.122. The number of carbonyl (C=O) groups is 2. The first kappa shape index (κ1) is 16.0. The van der Waals surface area contributed by atoms with Gasteiger partial charge in [0.05, 0.1) is 18.1 Å². The van der Waals surface area contributed by atoms with Gasteiger partial charge in [-0.05, 0) is 33.2 Å². The molecule has 19 heavy (non-hydrogen) atoms. The Kier molecular flexibility index (Phi) is 5.43. The van der Waals surface area contributed by atoms with E-state index in [1.54, 1.807) is 4.90 Å². The van der Waals surface area contributed by atoms with Crippen molar-refractivity contribution in [3.05, 3.63) is 0 Å². The van der Waals surface area contributed by atoms with Crippen LogP contribution in [-0.4, -0.2) is 64.7 Å². The molecular formula is C12H22ClN3O3. The number of halogens is 1.